The molecule has 0 saturated carbocycles. The first-order chi connectivity index (χ1) is 15.0. The molecule has 3 aromatic heterocycles. The maximum atomic E-state index is 13.0. The van der Waals surface area contributed by atoms with Crippen LogP contribution in [-0.2, 0) is 16.4 Å². The largest absolute Gasteiger partial charge is 0.464 e. The van der Waals surface area contributed by atoms with E-state index in [0.29, 0.717) is 15.2 Å². The van der Waals surface area contributed by atoms with E-state index in [-0.39, 0.29) is 10.9 Å². The second-order valence-corrected chi connectivity index (χ2v) is 10.7. The zero-order valence-electron chi connectivity index (χ0n) is 16.8. The van der Waals surface area contributed by atoms with Crippen molar-refractivity contribution < 1.29 is 12.8 Å². The number of hydrogen-bond acceptors (Lipinski definition) is 6. The number of sulfonamides is 1. The van der Waals surface area contributed by atoms with Gasteiger partial charge in [0.1, 0.15) is 15.6 Å². The van der Waals surface area contributed by atoms with Crippen LogP contribution in [0.4, 0.5) is 0 Å². The monoisotopic (exact) mass is 475 g/mol. The molecule has 0 unspecified atom stereocenters. The van der Waals surface area contributed by atoms with Gasteiger partial charge in [0.2, 0.25) is 10.0 Å². The zero-order chi connectivity index (χ0) is 21.4. The number of pyridine rings is 1. The van der Waals surface area contributed by atoms with Gasteiger partial charge in [-0.1, -0.05) is 29.8 Å². The molecule has 162 valence electrons. The Morgan fingerprint density at radius 2 is 2.00 bits per heavy atom. The minimum atomic E-state index is -3.61. The molecule has 0 bridgehead atoms. The van der Waals surface area contributed by atoms with Crippen molar-refractivity contribution in [3.05, 3.63) is 58.9 Å². The van der Waals surface area contributed by atoms with Crippen LogP contribution in [0.2, 0.25) is 5.15 Å². The molecule has 1 aromatic carbocycles. The molecule has 1 N–H and O–H groups in total. The van der Waals surface area contributed by atoms with Gasteiger partial charge < -0.3 is 9.32 Å². The highest BCUT2D eigenvalue weighted by Crippen LogP contribution is 2.33. The molecule has 1 aliphatic heterocycles. The smallest absolute Gasteiger partial charge is 0.242 e. The highest BCUT2D eigenvalue weighted by atomic mass is 35.5. The van der Waals surface area contributed by atoms with Gasteiger partial charge in [-0.05, 0) is 50.0 Å². The Labute approximate surface area is 189 Å². The van der Waals surface area contributed by atoms with Gasteiger partial charge in [-0.15, -0.1) is 11.3 Å². The molecule has 4 aromatic rings. The molecular weight excluding hydrogens is 454 g/mol. The summed E-state index contributed by atoms with van der Waals surface area (Å²) in [6, 6.07) is 9.72. The van der Waals surface area contributed by atoms with Crippen molar-refractivity contribution in [3.63, 3.8) is 0 Å². The molecule has 5 rings (SSSR count). The summed E-state index contributed by atoms with van der Waals surface area (Å²) in [6.07, 6.45) is 5.88. The van der Waals surface area contributed by atoms with Crippen molar-refractivity contribution in [2.24, 2.45) is 0 Å². The van der Waals surface area contributed by atoms with Crippen LogP contribution >= 0.6 is 22.9 Å². The van der Waals surface area contributed by atoms with Gasteiger partial charge in [0, 0.05) is 34.9 Å². The summed E-state index contributed by atoms with van der Waals surface area (Å²) >= 11 is 7.41. The summed E-state index contributed by atoms with van der Waals surface area (Å²) in [5.74, 6) is 0. The third kappa shape index (κ3) is 4.23. The molecule has 1 aliphatic rings. The van der Waals surface area contributed by atoms with E-state index in [4.69, 9.17) is 16.0 Å². The summed E-state index contributed by atoms with van der Waals surface area (Å²) in [5.41, 5.74) is 2.14. The van der Waals surface area contributed by atoms with Gasteiger partial charge >= 0.3 is 0 Å². The number of thiophene rings is 1. The van der Waals surface area contributed by atoms with Gasteiger partial charge in [0.05, 0.1) is 11.0 Å². The summed E-state index contributed by atoms with van der Waals surface area (Å²) in [5, 5.41) is 3.78. The molecule has 1 fully saturated rings. The number of benzene rings is 1. The molecule has 0 aliphatic carbocycles. The van der Waals surface area contributed by atoms with E-state index in [1.54, 1.807) is 11.4 Å². The Morgan fingerprint density at radius 3 is 2.84 bits per heavy atom. The topological polar surface area (TPSA) is 75.4 Å². The number of aromatic nitrogens is 1. The average molecular weight is 476 g/mol. The van der Waals surface area contributed by atoms with Gasteiger partial charge in [-0.25, -0.2) is 18.1 Å². The first kappa shape index (κ1) is 20.9. The number of fused-ring (bicyclic) bond motifs is 2. The standard InChI is InChI=1S/C22H22ClN3O3S2/c23-22-21-18(5-9-24-22)20(14-30-21)31(27,28)25-16-7-11-26(12-8-16)10-6-15-13-29-19-4-2-1-3-17(15)19/h1-5,9,13-14,16,25H,6-8,10-12H2. The molecule has 9 heteroatoms. The SMILES string of the molecule is O=S(=O)(NC1CCN(CCc2coc3ccccc23)CC1)c1csc2c(Cl)nccc12. The lowest BCUT2D eigenvalue weighted by Crippen LogP contribution is -2.45. The van der Waals surface area contributed by atoms with E-state index in [9.17, 15) is 8.42 Å². The van der Waals surface area contributed by atoms with E-state index in [1.165, 1.54) is 28.5 Å². The minimum Gasteiger partial charge on any atom is -0.464 e. The van der Waals surface area contributed by atoms with E-state index in [0.717, 1.165) is 44.5 Å². The quantitative estimate of drug-likeness (QED) is 0.410. The van der Waals surface area contributed by atoms with Crippen molar-refractivity contribution >= 4 is 54.0 Å². The van der Waals surface area contributed by atoms with E-state index in [1.807, 2.05) is 24.5 Å². The summed E-state index contributed by atoms with van der Waals surface area (Å²) < 4.78 is 35.2. The van der Waals surface area contributed by atoms with Crippen molar-refractivity contribution in [2.75, 3.05) is 19.6 Å². The molecule has 0 spiro atoms. The van der Waals surface area contributed by atoms with Crippen LogP contribution in [0.5, 0.6) is 0 Å². The summed E-state index contributed by atoms with van der Waals surface area (Å²) in [7, 11) is -3.61. The maximum absolute atomic E-state index is 13.0. The second kappa shape index (κ2) is 8.52. The molecule has 0 amide bonds. The summed E-state index contributed by atoms with van der Waals surface area (Å²) in [4.78, 5) is 6.70. The molecular formula is C22H22ClN3O3S2. The van der Waals surface area contributed by atoms with Gasteiger partial charge in [0.25, 0.3) is 0 Å². The number of likely N-dealkylation sites (tertiary alicyclic amines) is 1. The summed E-state index contributed by atoms with van der Waals surface area (Å²) in [6.45, 7) is 2.66. The molecule has 1 saturated heterocycles. The molecule has 0 radical (unpaired) electrons. The Kier molecular flexibility index (Phi) is 5.75. The van der Waals surface area contributed by atoms with Crippen LogP contribution in [0.1, 0.15) is 18.4 Å². The highest BCUT2D eigenvalue weighted by Gasteiger charge is 2.27. The number of hydrogen-bond donors (Lipinski definition) is 1. The number of para-hydroxylation sites is 1. The van der Waals surface area contributed by atoms with E-state index < -0.39 is 10.0 Å². The predicted octanol–water partition coefficient (Wildman–Crippen LogP) is 4.68. The Balaban J connectivity index is 1.19. The fraction of sp³-hybridized carbons (Fsp3) is 0.318. The van der Waals surface area contributed by atoms with Crippen LogP contribution in [0, 0.1) is 0 Å². The number of halogens is 1. The lowest BCUT2D eigenvalue weighted by molar-refractivity contribution is 0.209. The van der Waals surface area contributed by atoms with Crippen molar-refractivity contribution in [2.45, 2.75) is 30.2 Å². The molecule has 31 heavy (non-hydrogen) atoms. The van der Waals surface area contributed by atoms with E-state index in [2.05, 4.69) is 20.7 Å². The van der Waals surface area contributed by atoms with Gasteiger partial charge in [-0.3, -0.25) is 0 Å². The zero-order valence-corrected chi connectivity index (χ0v) is 19.1. The highest BCUT2D eigenvalue weighted by molar-refractivity contribution is 7.90. The number of furan rings is 1. The fourth-order valence-corrected chi connectivity index (χ4v) is 7.25. The van der Waals surface area contributed by atoms with Gasteiger partial charge in [-0.2, -0.15) is 0 Å². The lowest BCUT2D eigenvalue weighted by Gasteiger charge is -2.32. The second-order valence-electron chi connectivity index (χ2n) is 7.82. The lowest BCUT2D eigenvalue weighted by atomic mass is 10.0. The number of nitrogens with zero attached hydrogens (tertiary/aromatic N) is 2. The number of rotatable bonds is 6. The van der Waals surface area contributed by atoms with Gasteiger partial charge in [0.15, 0.2) is 0 Å². The van der Waals surface area contributed by atoms with Crippen LogP contribution in [0.25, 0.3) is 21.1 Å². The van der Waals surface area contributed by atoms with Crippen molar-refractivity contribution in [1.82, 2.24) is 14.6 Å². The van der Waals surface area contributed by atoms with E-state index >= 15 is 0 Å². The Bertz CT molecular complexity index is 1320. The predicted molar refractivity (Wildman–Crippen MR) is 124 cm³/mol. The Hall–Kier alpha value is -1.97. The third-order valence-corrected chi connectivity index (χ3v) is 8.98. The number of nitrogens with one attached hydrogen (secondary N) is 1. The third-order valence-electron chi connectivity index (χ3n) is 5.87. The van der Waals surface area contributed by atoms with Crippen LogP contribution in [0.3, 0.4) is 0 Å². The molecule has 0 atom stereocenters. The first-order valence-electron chi connectivity index (χ1n) is 10.2. The first-order valence-corrected chi connectivity index (χ1v) is 13.0. The molecule has 6 nitrogen and oxygen atoms in total. The Morgan fingerprint density at radius 1 is 1.19 bits per heavy atom. The van der Waals surface area contributed by atoms with Crippen molar-refractivity contribution in [1.29, 1.82) is 0 Å². The maximum Gasteiger partial charge on any atom is 0.242 e. The normalized spacial score (nSPS) is 16.4. The van der Waals surface area contributed by atoms with Crippen LogP contribution in [-0.4, -0.2) is 44.0 Å². The minimum absolute atomic E-state index is 0.0664. The number of piperidine rings is 1. The fourth-order valence-electron chi connectivity index (χ4n) is 4.18. The van der Waals surface area contributed by atoms with Crippen molar-refractivity contribution in [3.8, 4) is 0 Å². The van der Waals surface area contributed by atoms with Crippen LogP contribution < -0.4 is 4.72 Å². The van der Waals surface area contributed by atoms with Crippen LogP contribution in [0.15, 0.2) is 57.5 Å². The molecule has 4 heterocycles. The average Bonchev–Trinajstić information content (AvgIpc) is 3.39.